The highest BCUT2D eigenvalue weighted by atomic mass is 16.2. The van der Waals surface area contributed by atoms with E-state index >= 15 is 0 Å². The van der Waals surface area contributed by atoms with Gasteiger partial charge in [-0.1, -0.05) is 42.5 Å². The Morgan fingerprint density at radius 2 is 1.75 bits per heavy atom. The van der Waals surface area contributed by atoms with Crippen LogP contribution in [0.4, 0.5) is 0 Å². The van der Waals surface area contributed by atoms with E-state index in [1.807, 2.05) is 23.1 Å². The van der Waals surface area contributed by atoms with Crippen molar-refractivity contribution in [3.05, 3.63) is 70.4 Å². The monoisotopic (exact) mass is 318 g/mol. The number of amides is 1. The summed E-state index contributed by atoms with van der Waals surface area (Å²) in [6.07, 6.45) is 1.03. The number of benzene rings is 2. The summed E-state index contributed by atoms with van der Waals surface area (Å²) in [7, 11) is 0. The number of fused-ring (bicyclic) bond motifs is 1. The van der Waals surface area contributed by atoms with Crippen LogP contribution in [0, 0.1) is 20.8 Å². The lowest BCUT2D eigenvalue weighted by molar-refractivity contribution is 0.0454. The maximum atomic E-state index is 13.1. The third-order valence-electron chi connectivity index (χ3n) is 5.30. The predicted octanol–water partition coefficient (Wildman–Crippen LogP) is 4.68. The third-order valence-corrected chi connectivity index (χ3v) is 5.30. The van der Waals surface area contributed by atoms with E-state index in [4.69, 9.17) is 0 Å². The molecule has 0 saturated carbocycles. The summed E-state index contributed by atoms with van der Waals surface area (Å²) in [5, 5.41) is 1.19. The first kappa shape index (κ1) is 15.0. The van der Waals surface area contributed by atoms with Crippen LogP contribution in [0.2, 0.25) is 0 Å². The molecule has 3 nitrogen and oxygen atoms in total. The number of rotatable bonds is 2. The topological polar surface area (TPSA) is 36.1 Å². The molecule has 1 fully saturated rings. The SMILES string of the molecule is Cc1ccc(C)c2c(C)c(C(=O)N3CC[C@@H]3c3ccccc3)[nH]c12. The molecule has 1 aliphatic heterocycles. The Balaban J connectivity index is 1.73. The average Bonchev–Trinajstić information content (AvgIpc) is 2.90. The number of nitrogens with one attached hydrogen (secondary N) is 1. The van der Waals surface area contributed by atoms with Crippen LogP contribution in [0.15, 0.2) is 42.5 Å². The fourth-order valence-corrected chi connectivity index (χ4v) is 3.81. The zero-order chi connectivity index (χ0) is 16.8. The van der Waals surface area contributed by atoms with Crippen molar-refractivity contribution in [3.8, 4) is 0 Å². The normalized spacial score (nSPS) is 17.1. The van der Waals surface area contributed by atoms with Gasteiger partial charge in [0, 0.05) is 17.4 Å². The summed E-state index contributed by atoms with van der Waals surface area (Å²) >= 11 is 0. The Bertz CT molecular complexity index is 924. The zero-order valence-corrected chi connectivity index (χ0v) is 14.4. The van der Waals surface area contributed by atoms with E-state index in [1.165, 1.54) is 22.1 Å². The highest BCUT2D eigenvalue weighted by molar-refractivity contribution is 6.03. The number of hydrogen-bond acceptors (Lipinski definition) is 1. The van der Waals surface area contributed by atoms with Crippen LogP contribution in [-0.4, -0.2) is 22.3 Å². The van der Waals surface area contributed by atoms with Crippen LogP contribution < -0.4 is 0 Å². The lowest BCUT2D eigenvalue weighted by atomic mass is 9.94. The largest absolute Gasteiger partial charge is 0.350 e. The van der Waals surface area contributed by atoms with Gasteiger partial charge in [-0.3, -0.25) is 4.79 Å². The van der Waals surface area contributed by atoms with Crippen LogP contribution >= 0.6 is 0 Å². The summed E-state index contributed by atoms with van der Waals surface area (Å²) in [5.41, 5.74) is 6.51. The summed E-state index contributed by atoms with van der Waals surface area (Å²) in [6.45, 7) is 7.07. The van der Waals surface area contributed by atoms with Crippen molar-refractivity contribution < 1.29 is 4.79 Å². The van der Waals surface area contributed by atoms with E-state index in [1.54, 1.807) is 0 Å². The van der Waals surface area contributed by atoms with E-state index in [-0.39, 0.29) is 11.9 Å². The van der Waals surface area contributed by atoms with Crippen molar-refractivity contribution in [2.75, 3.05) is 6.54 Å². The van der Waals surface area contributed by atoms with E-state index in [0.717, 1.165) is 29.7 Å². The fraction of sp³-hybridized carbons (Fsp3) is 0.286. The van der Waals surface area contributed by atoms with Crippen LogP contribution in [0.5, 0.6) is 0 Å². The number of aromatic amines is 1. The molecule has 3 heteroatoms. The minimum Gasteiger partial charge on any atom is -0.350 e. The molecule has 3 aromatic rings. The Kier molecular flexibility index (Phi) is 3.45. The molecule has 1 aliphatic rings. The smallest absolute Gasteiger partial charge is 0.271 e. The summed E-state index contributed by atoms with van der Waals surface area (Å²) < 4.78 is 0. The number of hydrogen-bond donors (Lipinski definition) is 1. The number of H-pyrrole nitrogens is 1. The standard InChI is InChI=1S/C21H22N2O/c1-13-9-10-14(2)19-18(13)15(3)20(22-19)21(24)23-12-11-17(23)16-7-5-4-6-8-16/h4-10,17,22H,11-12H2,1-3H3/t17-/m1/s1. The number of aryl methyl sites for hydroxylation is 3. The maximum absolute atomic E-state index is 13.1. The minimum absolute atomic E-state index is 0.114. The second kappa shape index (κ2) is 5.52. The van der Waals surface area contributed by atoms with Crippen molar-refractivity contribution in [1.29, 1.82) is 0 Å². The fourth-order valence-electron chi connectivity index (χ4n) is 3.81. The van der Waals surface area contributed by atoms with Crippen LogP contribution in [0.3, 0.4) is 0 Å². The quantitative estimate of drug-likeness (QED) is 0.731. The highest BCUT2D eigenvalue weighted by Crippen LogP contribution is 2.36. The summed E-state index contributed by atoms with van der Waals surface area (Å²) in [5.74, 6) is 0.114. The number of likely N-dealkylation sites (tertiary alicyclic amines) is 1. The first-order valence-corrected chi connectivity index (χ1v) is 8.52. The van der Waals surface area contributed by atoms with Gasteiger partial charge in [0.15, 0.2) is 0 Å². The Hall–Kier alpha value is -2.55. The average molecular weight is 318 g/mol. The van der Waals surface area contributed by atoms with E-state index in [9.17, 15) is 4.79 Å². The van der Waals surface area contributed by atoms with Crippen molar-refractivity contribution >= 4 is 16.8 Å². The predicted molar refractivity (Wildman–Crippen MR) is 97.3 cm³/mol. The molecule has 1 N–H and O–H groups in total. The van der Waals surface area contributed by atoms with Gasteiger partial charge in [-0.25, -0.2) is 0 Å². The highest BCUT2D eigenvalue weighted by Gasteiger charge is 2.35. The molecule has 0 spiro atoms. The lowest BCUT2D eigenvalue weighted by Crippen LogP contribution is -2.45. The minimum atomic E-state index is 0.114. The molecule has 1 atom stereocenters. The van der Waals surface area contributed by atoms with Gasteiger partial charge in [0.25, 0.3) is 5.91 Å². The molecule has 1 aromatic heterocycles. The van der Waals surface area contributed by atoms with Crippen molar-refractivity contribution in [1.82, 2.24) is 9.88 Å². The Labute approximate surface area is 142 Å². The van der Waals surface area contributed by atoms with Crippen LogP contribution in [-0.2, 0) is 0 Å². The van der Waals surface area contributed by atoms with Gasteiger partial charge in [0.2, 0.25) is 0 Å². The van der Waals surface area contributed by atoms with Gasteiger partial charge >= 0.3 is 0 Å². The van der Waals surface area contributed by atoms with E-state index < -0.39 is 0 Å². The van der Waals surface area contributed by atoms with E-state index in [0.29, 0.717) is 0 Å². The number of aromatic nitrogens is 1. The Morgan fingerprint density at radius 1 is 1.04 bits per heavy atom. The van der Waals surface area contributed by atoms with Crippen molar-refractivity contribution in [2.24, 2.45) is 0 Å². The molecular weight excluding hydrogens is 296 g/mol. The first-order chi connectivity index (χ1) is 11.6. The molecule has 122 valence electrons. The molecular formula is C21H22N2O. The molecule has 4 rings (SSSR count). The van der Waals surface area contributed by atoms with Crippen LogP contribution in [0.1, 0.15) is 45.2 Å². The van der Waals surface area contributed by atoms with Gasteiger partial charge in [0.05, 0.1) is 6.04 Å². The molecule has 1 amide bonds. The van der Waals surface area contributed by atoms with Gasteiger partial charge in [-0.05, 0) is 49.4 Å². The second-order valence-electron chi connectivity index (χ2n) is 6.79. The van der Waals surface area contributed by atoms with E-state index in [2.05, 4.69) is 50.0 Å². The zero-order valence-electron chi connectivity index (χ0n) is 14.4. The van der Waals surface area contributed by atoms with Gasteiger partial charge in [-0.2, -0.15) is 0 Å². The number of carbonyl (C=O) groups is 1. The Morgan fingerprint density at radius 3 is 2.38 bits per heavy atom. The lowest BCUT2D eigenvalue weighted by Gasteiger charge is -2.41. The molecule has 2 heterocycles. The molecule has 0 unspecified atom stereocenters. The second-order valence-corrected chi connectivity index (χ2v) is 6.79. The first-order valence-electron chi connectivity index (χ1n) is 8.52. The molecule has 0 aliphatic carbocycles. The number of carbonyl (C=O) groups excluding carboxylic acids is 1. The van der Waals surface area contributed by atoms with Crippen molar-refractivity contribution in [3.63, 3.8) is 0 Å². The molecule has 2 aromatic carbocycles. The van der Waals surface area contributed by atoms with Gasteiger partial charge in [-0.15, -0.1) is 0 Å². The third kappa shape index (κ3) is 2.15. The molecule has 0 radical (unpaired) electrons. The van der Waals surface area contributed by atoms with Gasteiger partial charge in [0.1, 0.15) is 5.69 Å². The molecule has 1 saturated heterocycles. The molecule has 0 bridgehead atoms. The maximum Gasteiger partial charge on any atom is 0.271 e. The molecule has 24 heavy (non-hydrogen) atoms. The number of nitrogens with zero attached hydrogens (tertiary/aromatic N) is 1. The summed E-state index contributed by atoms with van der Waals surface area (Å²) in [6, 6.07) is 14.7. The van der Waals surface area contributed by atoms with Gasteiger partial charge < -0.3 is 9.88 Å². The summed E-state index contributed by atoms with van der Waals surface area (Å²) in [4.78, 5) is 18.5. The van der Waals surface area contributed by atoms with Crippen LogP contribution in [0.25, 0.3) is 10.9 Å². The van der Waals surface area contributed by atoms with Crippen molar-refractivity contribution in [2.45, 2.75) is 33.2 Å².